The summed E-state index contributed by atoms with van der Waals surface area (Å²) in [5, 5.41) is 5.64. The third-order valence-corrected chi connectivity index (χ3v) is 6.80. The Morgan fingerprint density at radius 3 is 2.44 bits per heavy atom. The predicted octanol–water partition coefficient (Wildman–Crippen LogP) is 5.03. The highest BCUT2D eigenvalue weighted by molar-refractivity contribution is 5.88. The summed E-state index contributed by atoms with van der Waals surface area (Å²) in [6.07, 6.45) is 7.32. The van der Waals surface area contributed by atoms with Crippen LogP contribution in [-0.4, -0.2) is 56.7 Å². The summed E-state index contributed by atoms with van der Waals surface area (Å²) in [6.45, 7) is 5.30. The number of aromatic nitrogens is 4. The van der Waals surface area contributed by atoms with Gasteiger partial charge in [0.1, 0.15) is 11.6 Å². The van der Waals surface area contributed by atoms with Gasteiger partial charge in [0.05, 0.1) is 17.3 Å². The standard InChI is InChI=1S/C29H34N6O/c1-2-3-6-16-27(36)33-17-11-18-34(20-19-33)28-25-22-30-35(24-14-9-5-10-15-24)29(25)32-26(31-28)21-23-12-7-4-8-13-23/h4-5,7-10,12-15,22H,2-3,6,11,16-21H2,1H3. The zero-order chi connectivity index (χ0) is 24.7. The van der Waals surface area contributed by atoms with E-state index in [1.165, 1.54) is 5.56 Å². The average molecular weight is 483 g/mol. The summed E-state index contributed by atoms with van der Waals surface area (Å²) in [6, 6.07) is 20.4. The van der Waals surface area contributed by atoms with Gasteiger partial charge in [0.25, 0.3) is 0 Å². The van der Waals surface area contributed by atoms with Crippen molar-refractivity contribution in [1.29, 1.82) is 0 Å². The molecule has 1 fully saturated rings. The van der Waals surface area contributed by atoms with Gasteiger partial charge >= 0.3 is 0 Å². The molecule has 0 bridgehead atoms. The number of rotatable bonds is 8. The number of fused-ring (bicyclic) bond motifs is 1. The Morgan fingerprint density at radius 1 is 0.889 bits per heavy atom. The minimum Gasteiger partial charge on any atom is -0.354 e. The number of anilines is 1. The first-order valence-corrected chi connectivity index (χ1v) is 13.1. The third-order valence-electron chi connectivity index (χ3n) is 6.80. The van der Waals surface area contributed by atoms with Crippen LogP contribution in [0.25, 0.3) is 16.7 Å². The van der Waals surface area contributed by atoms with Crippen molar-refractivity contribution < 1.29 is 4.79 Å². The SMILES string of the molecule is CCCCCC(=O)N1CCCN(c2nc(Cc3ccccc3)nc3c2cnn3-c2ccccc2)CC1. The number of carbonyl (C=O) groups is 1. The second-order valence-electron chi connectivity index (χ2n) is 9.43. The summed E-state index contributed by atoms with van der Waals surface area (Å²) in [4.78, 5) is 27.1. The van der Waals surface area contributed by atoms with Crippen LogP contribution in [0.15, 0.2) is 66.9 Å². The monoisotopic (exact) mass is 482 g/mol. The zero-order valence-electron chi connectivity index (χ0n) is 21.0. The number of unbranched alkanes of at least 4 members (excludes halogenated alkanes) is 2. The van der Waals surface area contributed by atoms with Crippen LogP contribution in [0.4, 0.5) is 5.82 Å². The van der Waals surface area contributed by atoms with Gasteiger partial charge in [-0.2, -0.15) is 5.10 Å². The summed E-state index contributed by atoms with van der Waals surface area (Å²) in [7, 11) is 0. The predicted molar refractivity (Wildman–Crippen MR) is 143 cm³/mol. The molecule has 2 aromatic carbocycles. The van der Waals surface area contributed by atoms with Gasteiger partial charge in [0.15, 0.2) is 5.65 Å². The second kappa shape index (κ2) is 11.3. The van der Waals surface area contributed by atoms with Crippen LogP contribution in [0.3, 0.4) is 0 Å². The van der Waals surface area contributed by atoms with Crippen molar-refractivity contribution in [3.8, 4) is 5.69 Å². The summed E-state index contributed by atoms with van der Waals surface area (Å²) in [5.74, 6) is 1.96. The molecule has 0 atom stereocenters. The molecule has 0 spiro atoms. The Balaban J connectivity index is 1.46. The molecule has 0 unspecified atom stereocenters. The highest BCUT2D eigenvalue weighted by atomic mass is 16.2. The maximum atomic E-state index is 12.8. The van der Waals surface area contributed by atoms with Crippen LogP contribution in [0.5, 0.6) is 0 Å². The Bertz CT molecular complexity index is 1290. The van der Waals surface area contributed by atoms with E-state index in [1.807, 2.05) is 64.3 Å². The van der Waals surface area contributed by atoms with Gasteiger partial charge in [-0.05, 0) is 30.5 Å². The molecule has 1 amide bonds. The van der Waals surface area contributed by atoms with Crippen molar-refractivity contribution >= 4 is 22.8 Å². The third kappa shape index (κ3) is 5.40. The van der Waals surface area contributed by atoms with Crippen LogP contribution >= 0.6 is 0 Å². The van der Waals surface area contributed by atoms with Crippen molar-refractivity contribution in [2.24, 2.45) is 0 Å². The molecule has 1 aliphatic heterocycles. The Labute approximate surface area is 212 Å². The molecule has 0 saturated carbocycles. The van der Waals surface area contributed by atoms with Crippen molar-refractivity contribution in [3.05, 3.63) is 78.2 Å². The van der Waals surface area contributed by atoms with E-state index in [9.17, 15) is 4.79 Å². The van der Waals surface area contributed by atoms with E-state index in [0.29, 0.717) is 12.8 Å². The Kier molecular flexibility index (Phi) is 7.55. The lowest BCUT2D eigenvalue weighted by Crippen LogP contribution is -2.35. The lowest BCUT2D eigenvalue weighted by atomic mass is 10.1. The summed E-state index contributed by atoms with van der Waals surface area (Å²) >= 11 is 0. The van der Waals surface area contributed by atoms with Gasteiger partial charge in [-0.15, -0.1) is 0 Å². The van der Waals surface area contributed by atoms with Gasteiger partial charge in [0.2, 0.25) is 5.91 Å². The van der Waals surface area contributed by atoms with E-state index < -0.39 is 0 Å². The lowest BCUT2D eigenvalue weighted by Gasteiger charge is -2.24. The molecule has 7 nitrogen and oxygen atoms in total. The first-order valence-electron chi connectivity index (χ1n) is 13.1. The lowest BCUT2D eigenvalue weighted by molar-refractivity contribution is -0.131. The van der Waals surface area contributed by atoms with E-state index in [1.54, 1.807) is 0 Å². The molecular formula is C29H34N6O. The molecule has 0 radical (unpaired) electrons. The highest BCUT2D eigenvalue weighted by Crippen LogP contribution is 2.27. The van der Waals surface area contributed by atoms with Gasteiger partial charge in [-0.1, -0.05) is 68.3 Å². The minimum atomic E-state index is 0.278. The molecular weight excluding hydrogens is 448 g/mol. The van der Waals surface area contributed by atoms with Gasteiger partial charge in [-0.3, -0.25) is 4.79 Å². The number of carbonyl (C=O) groups excluding carboxylic acids is 1. The second-order valence-corrected chi connectivity index (χ2v) is 9.43. The van der Waals surface area contributed by atoms with Gasteiger partial charge in [-0.25, -0.2) is 14.6 Å². The first kappa shape index (κ1) is 24.0. The molecule has 186 valence electrons. The molecule has 3 heterocycles. The van der Waals surface area contributed by atoms with Gasteiger partial charge in [0, 0.05) is 39.0 Å². The Hall–Kier alpha value is -3.74. The molecule has 4 aromatic rings. The average Bonchev–Trinajstić information content (AvgIpc) is 3.18. The smallest absolute Gasteiger partial charge is 0.222 e. The molecule has 5 rings (SSSR count). The number of hydrogen-bond acceptors (Lipinski definition) is 5. The topological polar surface area (TPSA) is 67.2 Å². The summed E-state index contributed by atoms with van der Waals surface area (Å²) in [5.41, 5.74) is 2.96. The molecule has 36 heavy (non-hydrogen) atoms. The molecule has 2 aromatic heterocycles. The largest absolute Gasteiger partial charge is 0.354 e. The minimum absolute atomic E-state index is 0.278. The maximum Gasteiger partial charge on any atom is 0.222 e. The normalized spacial score (nSPS) is 14.2. The number of hydrogen-bond donors (Lipinski definition) is 0. The van der Waals surface area contributed by atoms with Crippen LogP contribution in [0.1, 0.15) is 50.4 Å². The van der Waals surface area contributed by atoms with Crippen molar-refractivity contribution in [2.75, 3.05) is 31.1 Å². The van der Waals surface area contributed by atoms with Crippen LogP contribution in [0, 0.1) is 0 Å². The summed E-state index contributed by atoms with van der Waals surface area (Å²) < 4.78 is 1.90. The van der Waals surface area contributed by atoms with Crippen molar-refractivity contribution in [1.82, 2.24) is 24.6 Å². The van der Waals surface area contributed by atoms with Crippen molar-refractivity contribution in [3.63, 3.8) is 0 Å². The van der Waals surface area contributed by atoms with Crippen molar-refractivity contribution in [2.45, 2.75) is 45.4 Å². The quantitative estimate of drug-likeness (QED) is 0.330. The first-order chi connectivity index (χ1) is 17.7. The Morgan fingerprint density at radius 2 is 1.67 bits per heavy atom. The fourth-order valence-corrected chi connectivity index (χ4v) is 4.86. The van der Waals surface area contributed by atoms with E-state index in [4.69, 9.17) is 15.1 Å². The fourth-order valence-electron chi connectivity index (χ4n) is 4.86. The van der Waals surface area contributed by atoms with Crippen LogP contribution < -0.4 is 4.90 Å². The van der Waals surface area contributed by atoms with E-state index in [-0.39, 0.29) is 5.91 Å². The van der Waals surface area contributed by atoms with E-state index in [2.05, 4.69) is 24.0 Å². The van der Waals surface area contributed by atoms with E-state index in [0.717, 1.165) is 80.2 Å². The highest BCUT2D eigenvalue weighted by Gasteiger charge is 2.23. The molecule has 1 saturated heterocycles. The van der Waals surface area contributed by atoms with Crippen LogP contribution in [0.2, 0.25) is 0 Å². The zero-order valence-corrected chi connectivity index (χ0v) is 21.0. The number of para-hydroxylation sites is 1. The fraction of sp³-hybridized carbons (Fsp3) is 0.379. The van der Waals surface area contributed by atoms with Gasteiger partial charge < -0.3 is 9.80 Å². The number of benzene rings is 2. The molecule has 7 heteroatoms. The maximum absolute atomic E-state index is 12.8. The molecule has 0 N–H and O–H groups in total. The molecule has 0 aliphatic carbocycles. The molecule has 1 aliphatic rings. The number of nitrogens with zero attached hydrogens (tertiary/aromatic N) is 6. The van der Waals surface area contributed by atoms with E-state index >= 15 is 0 Å². The van der Waals surface area contributed by atoms with Crippen LogP contribution in [-0.2, 0) is 11.2 Å². The number of amides is 1.